The summed E-state index contributed by atoms with van der Waals surface area (Å²) in [6.45, 7) is 3.85. The van der Waals surface area contributed by atoms with Crippen LogP contribution in [0.2, 0.25) is 0 Å². The summed E-state index contributed by atoms with van der Waals surface area (Å²) >= 11 is 0. The van der Waals surface area contributed by atoms with E-state index in [0.29, 0.717) is 37.9 Å². The minimum absolute atomic E-state index is 0.422. The van der Waals surface area contributed by atoms with E-state index in [9.17, 15) is 0 Å². The second kappa shape index (κ2) is 9.64. The van der Waals surface area contributed by atoms with Crippen LogP contribution < -0.4 is 19.9 Å². The molecule has 0 fully saturated rings. The summed E-state index contributed by atoms with van der Waals surface area (Å²) < 4.78 is 17.5. The molecule has 140 valence electrons. The highest BCUT2D eigenvalue weighted by Gasteiger charge is 2.08. The van der Waals surface area contributed by atoms with E-state index in [1.165, 1.54) is 0 Å². The summed E-state index contributed by atoms with van der Waals surface area (Å²) in [5.41, 5.74) is 8.91. The summed E-state index contributed by atoms with van der Waals surface area (Å²) in [5, 5.41) is 0. The lowest BCUT2D eigenvalue weighted by Gasteiger charge is -2.15. The van der Waals surface area contributed by atoms with Crippen LogP contribution in [0.5, 0.6) is 17.2 Å². The molecular weight excluding hydrogens is 338 g/mol. The summed E-state index contributed by atoms with van der Waals surface area (Å²) in [5.74, 6) is 2.26. The van der Waals surface area contributed by atoms with Crippen LogP contribution in [0.25, 0.3) is 11.1 Å². The van der Waals surface area contributed by atoms with Gasteiger partial charge in [0.2, 0.25) is 0 Å². The van der Waals surface area contributed by atoms with Gasteiger partial charge < -0.3 is 19.9 Å². The minimum Gasteiger partial charge on any atom is -0.490 e. The van der Waals surface area contributed by atoms with Crippen molar-refractivity contribution in [3.63, 3.8) is 0 Å². The number of para-hydroxylation sites is 1. The Morgan fingerprint density at radius 2 is 1.41 bits per heavy atom. The predicted octanol–water partition coefficient (Wildman–Crippen LogP) is 4.67. The third-order valence-electron chi connectivity index (χ3n) is 4.11. The maximum atomic E-state index is 5.97. The first-order valence-electron chi connectivity index (χ1n) is 9.17. The van der Waals surface area contributed by atoms with Gasteiger partial charge in [-0.3, -0.25) is 0 Å². The molecule has 3 aromatic carbocycles. The second-order valence-corrected chi connectivity index (χ2v) is 5.98. The van der Waals surface area contributed by atoms with E-state index < -0.39 is 0 Å². The number of nitrogens with two attached hydrogens (primary N) is 1. The van der Waals surface area contributed by atoms with E-state index in [-0.39, 0.29) is 0 Å². The predicted molar refractivity (Wildman–Crippen MR) is 108 cm³/mol. The van der Waals surface area contributed by atoms with Crippen molar-refractivity contribution in [2.75, 3.05) is 19.8 Å². The fourth-order valence-corrected chi connectivity index (χ4v) is 2.82. The highest BCUT2D eigenvalue weighted by molar-refractivity contribution is 5.70. The van der Waals surface area contributed by atoms with Crippen molar-refractivity contribution in [3.05, 3.63) is 78.4 Å². The van der Waals surface area contributed by atoms with Crippen molar-refractivity contribution in [2.24, 2.45) is 5.73 Å². The Kier molecular flexibility index (Phi) is 6.72. The van der Waals surface area contributed by atoms with Crippen molar-refractivity contribution in [1.29, 1.82) is 0 Å². The van der Waals surface area contributed by atoms with Gasteiger partial charge in [-0.1, -0.05) is 54.6 Å². The third-order valence-corrected chi connectivity index (χ3v) is 4.11. The molecule has 0 spiro atoms. The van der Waals surface area contributed by atoms with Gasteiger partial charge in [-0.15, -0.1) is 0 Å². The molecule has 0 atom stereocenters. The zero-order valence-corrected chi connectivity index (χ0v) is 15.6. The molecule has 27 heavy (non-hydrogen) atoms. The Bertz CT molecular complexity index is 849. The number of ether oxygens (including phenoxy) is 3. The molecule has 0 aliphatic heterocycles. The lowest BCUT2D eigenvalue weighted by atomic mass is 10.1. The third kappa shape index (κ3) is 5.02. The molecule has 0 heterocycles. The molecule has 4 nitrogen and oxygen atoms in total. The zero-order chi connectivity index (χ0) is 18.9. The van der Waals surface area contributed by atoms with Crippen LogP contribution in [-0.4, -0.2) is 19.8 Å². The molecule has 0 saturated heterocycles. The molecule has 2 N–H and O–H groups in total. The van der Waals surface area contributed by atoms with Crippen LogP contribution in [0.4, 0.5) is 0 Å². The van der Waals surface area contributed by atoms with Gasteiger partial charge in [0, 0.05) is 12.1 Å². The molecule has 0 radical (unpaired) electrons. The summed E-state index contributed by atoms with van der Waals surface area (Å²) in [4.78, 5) is 0. The Balaban J connectivity index is 1.62. The number of hydrogen-bond donors (Lipinski definition) is 1. The summed E-state index contributed by atoms with van der Waals surface area (Å²) in [6, 6.07) is 24.0. The van der Waals surface area contributed by atoms with E-state index in [4.69, 9.17) is 19.9 Å². The average Bonchev–Trinajstić information content (AvgIpc) is 2.73. The molecule has 0 amide bonds. The van der Waals surface area contributed by atoms with Crippen LogP contribution in [0, 0.1) is 0 Å². The van der Waals surface area contributed by atoms with E-state index in [2.05, 4.69) is 18.2 Å². The molecule has 0 aliphatic carbocycles. The highest BCUT2D eigenvalue weighted by Crippen LogP contribution is 2.30. The van der Waals surface area contributed by atoms with Crippen LogP contribution in [0.3, 0.4) is 0 Å². The van der Waals surface area contributed by atoms with Crippen molar-refractivity contribution in [2.45, 2.75) is 13.5 Å². The Morgan fingerprint density at radius 1 is 0.704 bits per heavy atom. The maximum Gasteiger partial charge on any atom is 0.161 e. The fraction of sp³-hybridized carbons (Fsp3) is 0.217. The van der Waals surface area contributed by atoms with E-state index in [0.717, 1.165) is 22.4 Å². The van der Waals surface area contributed by atoms with Crippen molar-refractivity contribution in [3.8, 4) is 28.4 Å². The van der Waals surface area contributed by atoms with Crippen LogP contribution in [0.1, 0.15) is 12.5 Å². The first-order valence-corrected chi connectivity index (χ1v) is 9.17. The topological polar surface area (TPSA) is 53.7 Å². The first-order chi connectivity index (χ1) is 13.3. The minimum atomic E-state index is 0.422. The summed E-state index contributed by atoms with van der Waals surface area (Å²) in [6.07, 6.45) is 0. The van der Waals surface area contributed by atoms with Gasteiger partial charge in [-0.05, 0) is 36.2 Å². The van der Waals surface area contributed by atoms with Gasteiger partial charge in [-0.2, -0.15) is 0 Å². The van der Waals surface area contributed by atoms with E-state index in [1.807, 2.05) is 61.5 Å². The Hall–Kier alpha value is -2.98. The molecule has 0 unspecified atom stereocenters. The van der Waals surface area contributed by atoms with Gasteiger partial charge in [-0.25, -0.2) is 0 Å². The molecule has 3 aromatic rings. The molecular formula is C23H25NO3. The highest BCUT2D eigenvalue weighted by atomic mass is 16.5. The second-order valence-electron chi connectivity index (χ2n) is 5.98. The molecule has 4 heteroatoms. The van der Waals surface area contributed by atoms with Crippen molar-refractivity contribution in [1.82, 2.24) is 0 Å². The van der Waals surface area contributed by atoms with Gasteiger partial charge >= 0.3 is 0 Å². The van der Waals surface area contributed by atoms with Crippen molar-refractivity contribution >= 4 is 0 Å². The fourth-order valence-electron chi connectivity index (χ4n) is 2.82. The quantitative estimate of drug-likeness (QED) is 0.561. The van der Waals surface area contributed by atoms with Crippen molar-refractivity contribution < 1.29 is 14.2 Å². The molecule has 3 rings (SSSR count). The average molecular weight is 363 g/mol. The SMILES string of the molecule is CCOc1cc(CN)ccc1OCCOc1ccccc1-c1ccccc1. The summed E-state index contributed by atoms with van der Waals surface area (Å²) in [7, 11) is 0. The maximum absolute atomic E-state index is 5.97. The number of rotatable bonds is 9. The standard InChI is InChI=1S/C23H25NO3/c1-2-25-23-16-18(17-24)12-13-22(23)27-15-14-26-21-11-7-6-10-20(21)19-8-4-3-5-9-19/h3-13,16H,2,14-15,17,24H2,1H3. The normalized spacial score (nSPS) is 10.4. The van der Waals surface area contributed by atoms with Gasteiger partial charge in [0.15, 0.2) is 11.5 Å². The molecule has 0 aliphatic rings. The first kappa shape index (κ1) is 18.8. The molecule has 0 aromatic heterocycles. The smallest absolute Gasteiger partial charge is 0.161 e. The van der Waals surface area contributed by atoms with Gasteiger partial charge in [0.25, 0.3) is 0 Å². The van der Waals surface area contributed by atoms with Crippen LogP contribution in [0.15, 0.2) is 72.8 Å². The number of hydrogen-bond acceptors (Lipinski definition) is 4. The van der Waals surface area contributed by atoms with Crippen LogP contribution >= 0.6 is 0 Å². The van der Waals surface area contributed by atoms with E-state index >= 15 is 0 Å². The monoisotopic (exact) mass is 363 g/mol. The van der Waals surface area contributed by atoms with E-state index in [1.54, 1.807) is 0 Å². The van der Waals surface area contributed by atoms with Gasteiger partial charge in [0.05, 0.1) is 6.61 Å². The Morgan fingerprint density at radius 3 is 2.15 bits per heavy atom. The Labute approximate surface area is 160 Å². The molecule has 0 saturated carbocycles. The van der Waals surface area contributed by atoms with Gasteiger partial charge in [0.1, 0.15) is 19.0 Å². The largest absolute Gasteiger partial charge is 0.490 e. The van der Waals surface area contributed by atoms with Crippen LogP contribution in [-0.2, 0) is 6.54 Å². The number of benzene rings is 3. The zero-order valence-electron chi connectivity index (χ0n) is 15.6. The lowest BCUT2D eigenvalue weighted by Crippen LogP contribution is -2.10. The molecule has 0 bridgehead atoms. The lowest BCUT2D eigenvalue weighted by molar-refractivity contribution is 0.209.